The van der Waals surface area contributed by atoms with Crippen molar-refractivity contribution in [3.8, 4) is 11.5 Å². The summed E-state index contributed by atoms with van der Waals surface area (Å²) in [5.41, 5.74) is 3.26. The maximum Gasteiger partial charge on any atom is 0.129 e. The van der Waals surface area contributed by atoms with E-state index >= 15 is 0 Å². The normalized spacial score (nSPS) is 11.2. The van der Waals surface area contributed by atoms with Crippen molar-refractivity contribution < 1.29 is 0 Å². The van der Waals surface area contributed by atoms with Gasteiger partial charge in [0.05, 0.1) is 0 Å². The fourth-order valence-corrected chi connectivity index (χ4v) is 1.13. The van der Waals surface area contributed by atoms with Gasteiger partial charge in [0.2, 0.25) is 0 Å². The maximum absolute atomic E-state index is 3.26. The molecule has 0 amide bonds. The molecule has 0 aromatic carbocycles. The number of allylic oxidation sites excluding steroid dienone is 2. The van der Waals surface area contributed by atoms with E-state index in [1.807, 2.05) is 6.08 Å². The minimum atomic E-state index is -1.12. The van der Waals surface area contributed by atoms with E-state index in [2.05, 4.69) is 59.8 Å². The Hall–Kier alpha value is 0.247. The zero-order valence-corrected chi connectivity index (χ0v) is 9.90. The van der Waals surface area contributed by atoms with Crippen LogP contribution in [0.1, 0.15) is 0 Å². The SMILES string of the molecule is C[Si](C)(C)C#C/C=C/CI. The van der Waals surface area contributed by atoms with Gasteiger partial charge < -0.3 is 0 Å². The fourth-order valence-electron chi connectivity index (χ4n) is 0.362. The van der Waals surface area contributed by atoms with Gasteiger partial charge in [-0.1, -0.05) is 54.2 Å². The molecule has 0 radical (unpaired) electrons. The van der Waals surface area contributed by atoms with Gasteiger partial charge in [0.1, 0.15) is 8.07 Å². The number of hydrogen-bond acceptors (Lipinski definition) is 0. The molecule has 10 heavy (non-hydrogen) atoms. The van der Waals surface area contributed by atoms with Gasteiger partial charge in [0.25, 0.3) is 0 Å². The highest BCUT2D eigenvalue weighted by Gasteiger charge is 2.06. The molecule has 0 saturated carbocycles. The monoisotopic (exact) mass is 264 g/mol. The summed E-state index contributed by atoms with van der Waals surface area (Å²) in [5.74, 6) is 3.05. The van der Waals surface area contributed by atoms with Crippen molar-refractivity contribution in [2.24, 2.45) is 0 Å². The smallest absolute Gasteiger partial charge is 0.127 e. The van der Waals surface area contributed by atoms with E-state index < -0.39 is 8.07 Å². The number of halogens is 1. The fraction of sp³-hybridized carbons (Fsp3) is 0.500. The van der Waals surface area contributed by atoms with E-state index in [4.69, 9.17) is 0 Å². The highest BCUT2D eigenvalue weighted by molar-refractivity contribution is 14.1. The van der Waals surface area contributed by atoms with Gasteiger partial charge in [-0.15, -0.1) is 5.54 Å². The van der Waals surface area contributed by atoms with Crippen LogP contribution in [0.2, 0.25) is 19.6 Å². The van der Waals surface area contributed by atoms with Gasteiger partial charge in [0.15, 0.2) is 0 Å². The lowest BCUT2D eigenvalue weighted by atomic mass is 10.5. The van der Waals surface area contributed by atoms with Crippen LogP contribution in [0.25, 0.3) is 0 Å². The summed E-state index contributed by atoms with van der Waals surface area (Å²) in [7, 11) is -1.12. The number of rotatable bonds is 1. The van der Waals surface area contributed by atoms with Crippen molar-refractivity contribution in [1.29, 1.82) is 0 Å². The van der Waals surface area contributed by atoms with Gasteiger partial charge in [0, 0.05) is 4.43 Å². The van der Waals surface area contributed by atoms with Crippen LogP contribution in [-0.2, 0) is 0 Å². The molecule has 0 unspecified atom stereocenters. The van der Waals surface area contributed by atoms with E-state index in [9.17, 15) is 0 Å². The summed E-state index contributed by atoms with van der Waals surface area (Å²) in [4.78, 5) is 0. The molecule has 0 aromatic rings. The van der Waals surface area contributed by atoms with Crippen molar-refractivity contribution >= 4 is 30.7 Å². The molecule has 56 valence electrons. The Balaban J connectivity index is 3.81. The maximum atomic E-state index is 3.26. The van der Waals surface area contributed by atoms with E-state index in [-0.39, 0.29) is 0 Å². The quantitative estimate of drug-likeness (QED) is 0.296. The van der Waals surface area contributed by atoms with Gasteiger partial charge in [-0.05, 0) is 6.08 Å². The lowest BCUT2D eigenvalue weighted by Crippen LogP contribution is -2.16. The average molecular weight is 264 g/mol. The van der Waals surface area contributed by atoms with Gasteiger partial charge in [-0.25, -0.2) is 0 Å². The molecular weight excluding hydrogens is 251 g/mol. The van der Waals surface area contributed by atoms with E-state index in [0.717, 1.165) is 4.43 Å². The van der Waals surface area contributed by atoms with Crippen molar-refractivity contribution in [2.75, 3.05) is 4.43 Å². The largest absolute Gasteiger partial charge is 0.129 e. The number of alkyl halides is 1. The van der Waals surface area contributed by atoms with Gasteiger partial charge in [-0.3, -0.25) is 0 Å². The highest BCUT2D eigenvalue weighted by atomic mass is 127. The summed E-state index contributed by atoms with van der Waals surface area (Å²) in [6, 6.07) is 0. The zero-order chi connectivity index (χ0) is 8.04. The van der Waals surface area contributed by atoms with Crippen LogP contribution in [-0.4, -0.2) is 12.5 Å². The summed E-state index contributed by atoms with van der Waals surface area (Å²) in [6.45, 7) is 6.74. The van der Waals surface area contributed by atoms with Crippen LogP contribution in [0.3, 0.4) is 0 Å². The number of hydrogen-bond donors (Lipinski definition) is 0. The Morgan fingerprint density at radius 2 is 2.00 bits per heavy atom. The molecule has 0 fully saturated rings. The van der Waals surface area contributed by atoms with Crippen molar-refractivity contribution in [3.63, 3.8) is 0 Å². The molecular formula is C8H13ISi. The third-order valence-electron chi connectivity index (χ3n) is 0.737. The minimum Gasteiger partial charge on any atom is -0.127 e. The lowest BCUT2D eigenvalue weighted by molar-refractivity contribution is 1.80. The first-order valence-electron chi connectivity index (χ1n) is 3.30. The summed E-state index contributed by atoms with van der Waals surface area (Å²) < 4.78 is 1.05. The molecule has 2 heteroatoms. The van der Waals surface area contributed by atoms with E-state index in [1.165, 1.54) is 0 Å². The second kappa shape index (κ2) is 4.97. The molecule has 0 rings (SSSR count). The molecule has 0 heterocycles. The molecule has 0 N–H and O–H groups in total. The third kappa shape index (κ3) is 8.25. The highest BCUT2D eigenvalue weighted by Crippen LogP contribution is 1.95. The zero-order valence-electron chi connectivity index (χ0n) is 6.74. The van der Waals surface area contributed by atoms with Crippen LogP contribution in [0.4, 0.5) is 0 Å². The molecule has 0 nitrogen and oxygen atoms in total. The summed E-state index contributed by atoms with van der Waals surface area (Å²) >= 11 is 2.30. The molecule has 0 bridgehead atoms. The van der Waals surface area contributed by atoms with Gasteiger partial charge in [-0.2, -0.15) is 0 Å². The predicted octanol–water partition coefficient (Wildman–Crippen LogP) is 2.86. The summed E-state index contributed by atoms with van der Waals surface area (Å²) in [5, 5.41) is 0. The first kappa shape index (κ1) is 10.2. The molecule has 0 atom stereocenters. The Labute approximate surface area is 78.2 Å². The minimum absolute atomic E-state index is 1.05. The Morgan fingerprint density at radius 3 is 2.40 bits per heavy atom. The van der Waals surface area contributed by atoms with Gasteiger partial charge >= 0.3 is 0 Å². The van der Waals surface area contributed by atoms with Crippen molar-refractivity contribution in [2.45, 2.75) is 19.6 Å². The average Bonchev–Trinajstić information content (AvgIpc) is 1.78. The molecule has 0 saturated heterocycles. The third-order valence-corrected chi connectivity index (χ3v) is 2.14. The van der Waals surface area contributed by atoms with Crippen molar-refractivity contribution in [3.05, 3.63) is 12.2 Å². The Bertz CT molecular complexity index is 166. The molecule has 0 aliphatic carbocycles. The second-order valence-corrected chi connectivity index (χ2v) is 8.71. The van der Waals surface area contributed by atoms with Crippen molar-refractivity contribution in [1.82, 2.24) is 0 Å². The van der Waals surface area contributed by atoms with E-state index in [0.29, 0.717) is 0 Å². The van der Waals surface area contributed by atoms with Crippen LogP contribution < -0.4 is 0 Å². The lowest BCUT2D eigenvalue weighted by Gasteiger charge is -2.01. The molecule has 0 aromatic heterocycles. The van der Waals surface area contributed by atoms with Crippen LogP contribution in [0.15, 0.2) is 12.2 Å². The predicted molar refractivity (Wildman–Crippen MR) is 59.1 cm³/mol. The molecule has 0 aliphatic heterocycles. The standard InChI is InChI=1S/C8H13ISi/c1-10(2,3)8-6-4-5-7-9/h4-5H,7H2,1-3H3/b5-4+. The Morgan fingerprint density at radius 1 is 1.40 bits per heavy atom. The second-order valence-electron chi connectivity index (χ2n) is 3.08. The molecule has 0 spiro atoms. The van der Waals surface area contributed by atoms with Crippen LogP contribution in [0.5, 0.6) is 0 Å². The first-order chi connectivity index (χ1) is 4.56. The van der Waals surface area contributed by atoms with E-state index in [1.54, 1.807) is 0 Å². The van der Waals surface area contributed by atoms with Crippen LogP contribution in [0, 0.1) is 11.5 Å². The first-order valence-corrected chi connectivity index (χ1v) is 8.32. The van der Waals surface area contributed by atoms with Crippen LogP contribution >= 0.6 is 22.6 Å². The summed E-state index contributed by atoms with van der Waals surface area (Å²) in [6.07, 6.45) is 4.03. The Kier molecular flexibility index (Phi) is 5.09. The topological polar surface area (TPSA) is 0 Å². The molecule has 0 aliphatic rings.